The van der Waals surface area contributed by atoms with E-state index in [0.29, 0.717) is 25.1 Å². The number of carbonyl (C=O) groups excluding carboxylic acids is 2. The number of nitrogens with zero attached hydrogens (tertiary/aromatic N) is 2. The second-order valence-corrected chi connectivity index (χ2v) is 7.58. The molecule has 6 nitrogen and oxygen atoms in total. The number of ketones is 1. The molecule has 1 amide bonds. The van der Waals surface area contributed by atoms with Crippen molar-refractivity contribution in [3.63, 3.8) is 0 Å². The van der Waals surface area contributed by atoms with Gasteiger partial charge in [0.1, 0.15) is 5.60 Å². The fourth-order valence-electron chi connectivity index (χ4n) is 3.26. The van der Waals surface area contributed by atoms with Gasteiger partial charge in [-0.1, -0.05) is 0 Å². The van der Waals surface area contributed by atoms with E-state index >= 15 is 0 Å². The highest BCUT2D eigenvalue weighted by Crippen LogP contribution is 2.26. The Bertz CT molecular complexity index is 776. The molecule has 6 heteroatoms. The quantitative estimate of drug-likeness (QED) is 0.842. The molecule has 134 valence electrons. The summed E-state index contributed by atoms with van der Waals surface area (Å²) in [5.74, 6) is 0.0723. The van der Waals surface area contributed by atoms with Gasteiger partial charge in [-0.2, -0.15) is 0 Å². The molecular formula is C19H25N3O3. The highest BCUT2D eigenvalue weighted by Gasteiger charge is 2.29. The molecule has 0 bridgehead atoms. The molecule has 3 heterocycles. The lowest BCUT2D eigenvalue weighted by molar-refractivity contribution is 0.0254. The molecule has 1 N–H and O–H groups in total. The van der Waals surface area contributed by atoms with Gasteiger partial charge < -0.3 is 14.6 Å². The molecule has 1 aliphatic heterocycles. The molecule has 1 unspecified atom stereocenters. The minimum atomic E-state index is -0.503. The number of Topliss-reactive ketones (excluding diaryl/α,β-unsaturated/α-hetero) is 1. The van der Waals surface area contributed by atoms with E-state index in [2.05, 4.69) is 9.97 Å². The number of H-pyrrole nitrogens is 1. The number of fused-ring (bicyclic) bond motifs is 1. The summed E-state index contributed by atoms with van der Waals surface area (Å²) in [5.41, 5.74) is 1.08. The number of likely N-dealkylation sites (tertiary alicyclic amines) is 1. The van der Waals surface area contributed by atoms with Gasteiger partial charge in [-0.3, -0.25) is 9.78 Å². The molecule has 1 saturated heterocycles. The van der Waals surface area contributed by atoms with Crippen molar-refractivity contribution >= 4 is 22.8 Å². The molecule has 0 aromatic carbocycles. The maximum atomic E-state index is 13.0. The summed E-state index contributed by atoms with van der Waals surface area (Å²) in [6.45, 7) is 6.77. The third-order valence-corrected chi connectivity index (χ3v) is 4.50. The van der Waals surface area contributed by atoms with E-state index < -0.39 is 5.60 Å². The number of hydrogen-bond donors (Lipinski definition) is 1. The van der Waals surface area contributed by atoms with Gasteiger partial charge in [0.05, 0.1) is 11.7 Å². The summed E-state index contributed by atoms with van der Waals surface area (Å²) in [7, 11) is 0. The summed E-state index contributed by atoms with van der Waals surface area (Å²) < 4.78 is 5.45. The third kappa shape index (κ3) is 4.00. The molecule has 0 aliphatic carbocycles. The van der Waals surface area contributed by atoms with Crippen molar-refractivity contribution in [2.75, 3.05) is 13.1 Å². The molecule has 1 aliphatic rings. The SMILES string of the molecule is CC(C)(C)OC(=O)N1CCCC(C(=O)c2c[nH]c3cnccc23)CC1. The second kappa shape index (κ2) is 6.86. The van der Waals surface area contributed by atoms with E-state index in [1.807, 2.05) is 26.8 Å². The van der Waals surface area contributed by atoms with Crippen molar-refractivity contribution in [3.8, 4) is 0 Å². The third-order valence-electron chi connectivity index (χ3n) is 4.50. The molecule has 1 fully saturated rings. The van der Waals surface area contributed by atoms with E-state index in [4.69, 9.17) is 4.74 Å². The number of nitrogens with one attached hydrogen (secondary N) is 1. The summed E-state index contributed by atoms with van der Waals surface area (Å²) in [5, 5.41) is 0.910. The van der Waals surface area contributed by atoms with Crippen molar-refractivity contribution in [2.24, 2.45) is 5.92 Å². The fourth-order valence-corrected chi connectivity index (χ4v) is 3.26. The number of aromatic nitrogens is 2. The fraction of sp³-hybridized carbons (Fsp3) is 0.526. The van der Waals surface area contributed by atoms with Crippen LogP contribution in [0.1, 0.15) is 50.4 Å². The predicted octanol–water partition coefficient (Wildman–Crippen LogP) is 3.78. The molecule has 2 aromatic heterocycles. The second-order valence-electron chi connectivity index (χ2n) is 7.58. The molecule has 0 spiro atoms. The van der Waals surface area contributed by atoms with Crippen LogP contribution in [0.4, 0.5) is 4.79 Å². The predicted molar refractivity (Wildman–Crippen MR) is 95.6 cm³/mol. The van der Waals surface area contributed by atoms with Gasteiger partial charge in [-0.15, -0.1) is 0 Å². The van der Waals surface area contributed by atoms with E-state index in [9.17, 15) is 9.59 Å². The highest BCUT2D eigenvalue weighted by atomic mass is 16.6. The normalized spacial score (nSPS) is 18.8. The summed E-state index contributed by atoms with van der Waals surface area (Å²) in [6.07, 6.45) is 7.16. The number of carbonyl (C=O) groups is 2. The van der Waals surface area contributed by atoms with E-state index in [1.165, 1.54) is 0 Å². The van der Waals surface area contributed by atoms with Crippen molar-refractivity contribution in [2.45, 2.75) is 45.6 Å². The number of pyridine rings is 1. The van der Waals surface area contributed by atoms with Crippen LogP contribution in [-0.4, -0.2) is 45.4 Å². The largest absolute Gasteiger partial charge is 0.444 e. The van der Waals surface area contributed by atoms with Crippen LogP contribution in [0.5, 0.6) is 0 Å². The van der Waals surface area contributed by atoms with Crippen LogP contribution in [0.2, 0.25) is 0 Å². The van der Waals surface area contributed by atoms with Crippen LogP contribution in [0.15, 0.2) is 24.7 Å². The van der Waals surface area contributed by atoms with Gasteiger partial charge >= 0.3 is 6.09 Å². The molecule has 0 saturated carbocycles. The Morgan fingerprint density at radius 1 is 1.28 bits per heavy atom. The van der Waals surface area contributed by atoms with Crippen molar-refractivity contribution in [1.29, 1.82) is 0 Å². The number of amides is 1. The Balaban J connectivity index is 1.69. The number of ether oxygens (including phenoxy) is 1. The van der Waals surface area contributed by atoms with Crippen molar-refractivity contribution in [1.82, 2.24) is 14.9 Å². The van der Waals surface area contributed by atoms with Gasteiger partial charge in [-0.05, 0) is 46.1 Å². The summed E-state index contributed by atoms with van der Waals surface area (Å²) in [4.78, 5) is 34.1. The zero-order valence-electron chi connectivity index (χ0n) is 15.0. The minimum absolute atomic E-state index is 0.0698. The zero-order chi connectivity index (χ0) is 18.0. The lowest BCUT2D eigenvalue weighted by atomic mass is 9.91. The molecule has 2 aromatic rings. The van der Waals surface area contributed by atoms with Crippen LogP contribution in [0, 0.1) is 5.92 Å². The van der Waals surface area contributed by atoms with Crippen molar-refractivity contribution < 1.29 is 14.3 Å². The summed E-state index contributed by atoms with van der Waals surface area (Å²) in [6, 6.07) is 1.86. The lowest BCUT2D eigenvalue weighted by Gasteiger charge is -2.26. The molecular weight excluding hydrogens is 318 g/mol. The first kappa shape index (κ1) is 17.5. The average molecular weight is 343 g/mol. The van der Waals surface area contributed by atoms with Crippen molar-refractivity contribution in [3.05, 3.63) is 30.2 Å². The maximum Gasteiger partial charge on any atom is 0.410 e. The number of hydrogen-bond acceptors (Lipinski definition) is 4. The Kier molecular flexibility index (Phi) is 4.79. The lowest BCUT2D eigenvalue weighted by Crippen LogP contribution is -2.37. The number of rotatable bonds is 2. The number of aromatic amines is 1. The first-order chi connectivity index (χ1) is 11.8. The first-order valence-electron chi connectivity index (χ1n) is 8.78. The van der Waals surface area contributed by atoms with Crippen LogP contribution in [0.25, 0.3) is 10.9 Å². The average Bonchev–Trinajstić information content (AvgIpc) is 2.81. The van der Waals surface area contributed by atoms with E-state index in [1.54, 1.807) is 23.5 Å². The zero-order valence-corrected chi connectivity index (χ0v) is 15.0. The topological polar surface area (TPSA) is 75.3 Å². The van der Waals surface area contributed by atoms with Gasteiger partial charge in [0.15, 0.2) is 5.78 Å². The van der Waals surface area contributed by atoms with Crippen LogP contribution < -0.4 is 0 Å². The van der Waals surface area contributed by atoms with E-state index in [-0.39, 0.29) is 17.8 Å². The Labute approximate surface area is 147 Å². The standard InChI is InChI=1S/C19H25N3O3/c1-19(2,3)25-18(24)22-9-4-5-13(7-10-22)17(23)15-11-21-16-12-20-8-6-14(15)16/h6,8,11-13,21H,4-5,7,9-10H2,1-3H3. The first-order valence-corrected chi connectivity index (χ1v) is 8.78. The smallest absolute Gasteiger partial charge is 0.410 e. The molecule has 3 rings (SSSR count). The monoisotopic (exact) mass is 343 g/mol. The van der Waals surface area contributed by atoms with Gasteiger partial charge in [0, 0.05) is 42.4 Å². The molecule has 1 atom stereocenters. The molecule has 0 radical (unpaired) electrons. The highest BCUT2D eigenvalue weighted by molar-refractivity contribution is 6.08. The van der Waals surface area contributed by atoms with Gasteiger partial charge in [0.2, 0.25) is 0 Å². The minimum Gasteiger partial charge on any atom is -0.444 e. The maximum absolute atomic E-state index is 13.0. The Morgan fingerprint density at radius 2 is 2.08 bits per heavy atom. The van der Waals surface area contributed by atoms with Crippen LogP contribution in [-0.2, 0) is 4.74 Å². The van der Waals surface area contributed by atoms with E-state index in [0.717, 1.165) is 23.7 Å². The Hall–Kier alpha value is -2.37. The van der Waals surface area contributed by atoms with Crippen LogP contribution in [0.3, 0.4) is 0 Å². The summed E-state index contributed by atoms with van der Waals surface area (Å²) >= 11 is 0. The van der Waals surface area contributed by atoms with Gasteiger partial charge in [0.25, 0.3) is 0 Å². The Morgan fingerprint density at radius 3 is 2.84 bits per heavy atom. The van der Waals surface area contributed by atoms with Crippen LogP contribution >= 0.6 is 0 Å². The molecule has 25 heavy (non-hydrogen) atoms. The van der Waals surface area contributed by atoms with Gasteiger partial charge in [-0.25, -0.2) is 4.79 Å².